The summed E-state index contributed by atoms with van der Waals surface area (Å²) in [6.45, 7) is 3.78. The first-order chi connectivity index (χ1) is 14.5. The molecule has 1 spiro atoms. The highest BCUT2D eigenvalue weighted by Crippen LogP contribution is 2.50. The first kappa shape index (κ1) is 19.7. The third kappa shape index (κ3) is 3.16. The van der Waals surface area contributed by atoms with Gasteiger partial charge in [-0.15, -0.1) is 0 Å². The van der Waals surface area contributed by atoms with Gasteiger partial charge in [0.15, 0.2) is 0 Å². The molecule has 2 aliphatic rings. The predicted octanol–water partition coefficient (Wildman–Crippen LogP) is 5.00. The molecule has 7 heteroatoms. The van der Waals surface area contributed by atoms with Crippen molar-refractivity contribution in [3.8, 4) is 11.3 Å². The van der Waals surface area contributed by atoms with Crippen molar-refractivity contribution in [2.75, 3.05) is 18.0 Å². The molecule has 0 radical (unpaired) electrons. The lowest BCUT2D eigenvalue weighted by Gasteiger charge is -2.42. The van der Waals surface area contributed by atoms with Gasteiger partial charge in [-0.2, -0.15) is 0 Å². The number of pyridine rings is 1. The van der Waals surface area contributed by atoms with E-state index < -0.39 is 0 Å². The summed E-state index contributed by atoms with van der Waals surface area (Å²) in [7, 11) is 0. The summed E-state index contributed by atoms with van der Waals surface area (Å²) in [6, 6.07) is 9.74. The molecule has 30 heavy (non-hydrogen) atoms. The fourth-order valence-corrected chi connectivity index (χ4v) is 5.29. The molecule has 5 rings (SSSR count). The molecule has 1 aliphatic heterocycles. The van der Waals surface area contributed by atoms with Crippen molar-refractivity contribution in [2.24, 2.45) is 11.1 Å². The van der Waals surface area contributed by atoms with Crippen LogP contribution in [0.3, 0.4) is 0 Å². The van der Waals surface area contributed by atoms with E-state index in [0.29, 0.717) is 10.0 Å². The van der Waals surface area contributed by atoms with E-state index in [0.717, 1.165) is 60.8 Å². The topological polar surface area (TPSA) is 67.9 Å². The Kier molecular flexibility index (Phi) is 4.92. The first-order valence-corrected chi connectivity index (χ1v) is 11.0. The monoisotopic (exact) mass is 439 g/mol. The number of hydrogen-bond acceptors (Lipinski definition) is 5. The number of halogens is 2. The number of nitrogens with zero attached hydrogens (tertiary/aromatic N) is 4. The van der Waals surface area contributed by atoms with Crippen LogP contribution in [0.2, 0.25) is 10.0 Å². The smallest absolute Gasteiger partial charge is 0.147 e. The van der Waals surface area contributed by atoms with Crippen LogP contribution in [-0.2, 0) is 6.42 Å². The SMILES string of the molecule is Cc1nc(N2CCC3(CC2)Cc2ncccc2C3N)cnc1-c1cccc(Cl)c1Cl. The molecule has 1 unspecified atom stereocenters. The second-order valence-electron chi connectivity index (χ2n) is 8.31. The lowest BCUT2D eigenvalue weighted by molar-refractivity contribution is 0.186. The molecule has 2 aromatic heterocycles. The van der Waals surface area contributed by atoms with Crippen molar-refractivity contribution in [1.29, 1.82) is 0 Å². The maximum absolute atomic E-state index is 6.67. The highest BCUT2D eigenvalue weighted by atomic mass is 35.5. The second kappa shape index (κ2) is 7.49. The number of fused-ring (bicyclic) bond motifs is 1. The van der Waals surface area contributed by atoms with E-state index in [1.54, 1.807) is 6.07 Å². The Hall–Kier alpha value is -2.21. The summed E-state index contributed by atoms with van der Waals surface area (Å²) in [4.78, 5) is 16.4. The van der Waals surface area contributed by atoms with Gasteiger partial charge in [0, 0.05) is 36.6 Å². The van der Waals surface area contributed by atoms with Gasteiger partial charge in [-0.1, -0.05) is 41.4 Å². The van der Waals surface area contributed by atoms with Crippen molar-refractivity contribution >= 4 is 29.0 Å². The largest absolute Gasteiger partial charge is 0.355 e. The summed E-state index contributed by atoms with van der Waals surface area (Å²) >= 11 is 12.6. The Morgan fingerprint density at radius 3 is 2.63 bits per heavy atom. The molecule has 3 aromatic rings. The van der Waals surface area contributed by atoms with Crippen molar-refractivity contribution < 1.29 is 0 Å². The Balaban J connectivity index is 1.35. The average molecular weight is 440 g/mol. The van der Waals surface area contributed by atoms with Crippen LogP contribution in [-0.4, -0.2) is 28.0 Å². The Labute approximate surface area is 186 Å². The third-order valence-electron chi connectivity index (χ3n) is 6.66. The minimum atomic E-state index is 0.0588. The van der Waals surface area contributed by atoms with Crippen LogP contribution in [0.25, 0.3) is 11.3 Å². The number of aromatic nitrogens is 3. The van der Waals surface area contributed by atoms with E-state index in [2.05, 4.69) is 20.9 Å². The highest BCUT2D eigenvalue weighted by Gasteiger charge is 2.46. The van der Waals surface area contributed by atoms with Gasteiger partial charge < -0.3 is 10.6 Å². The lowest BCUT2D eigenvalue weighted by atomic mass is 9.73. The fourth-order valence-electron chi connectivity index (χ4n) is 4.90. The average Bonchev–Trinajstić information content (AvgIpc) is 3.02. The number of anilines is 1. The molecule has 1 saturated heterocycles. The predicted molar refractivity (Wildman–Crippen MR) is 121 cm³/mol. The van der Waals surface area contributed by atoms with Gasteiger partial charge in [0.25, 0.3) is 0 Å². The van der Waals surface area contributed by atoms with E-state index in [1.807, 2.05) is 37.5 Å². The maximum Gasteiger partial charge on any atom is 0.147 e. The van der Waals surface area contributed by atoms with E-state index in [9.17, 15) is 0 Å². The van der Waals surface area contributed by atoms with Crippen LogP contribution in [0.4, 0.5) is 5.82 Å². The van der Waals surface area contributed by atoms with Gasteiger partial charge in [-0.3, -0.25) is 9.97 Å². The lowest BCUT2D eigenvalue weighted by Crippen LogP contribution is -2.44. The van der Waals surface area contributed by atoms with Crippen LogP contribution in [0.15, 0.2) is 42.7 Å². The summed E-state index contributed by atoms with van der Waals surface area (Å²) < 4.78 is 0. The minimum Gasteiger partial charge on any atom is -0.355 e. The van der Waals surface area contributed by atoms with Gasteiger partial charge in [0.2, 0.25) is 0 Å². The number of aryl methyl sites for hydroxylation is 1. The zero-order valence-electron chi connectivity index (χ0n) is 16.8. The molecule has 2 N–H and O–H groups in total. The molecule has 1 fully saturated rings. The van der Waals surface area contributed by atoms with Crippen molar-refractivity contribution in [3.05, 3.63) is 69.7 Å². The van der Waals surface area contributed by atoms with Crippen molar-refractivity contribution in [3.63, 3.8) is 0 Å². The molecule has 0 saturated carbocycles. The standard InChI is InChI=1S/C23H23Cl2N5/c1-14-21(16-4-2-6-17(24)20(16)25)28-13-19(29-14)30-10-7-23(8-11-30)12-18-15(22(23)26)5-3-9-27-18/h2-6,9,13,22H,7-8,10-12,26H2,1H3. The zero-order valence-corrected chi connectivity index (χ0v) is 18.3. The van der Waals surface area contributed by atoms with E-state index in [4.69, 9.17) is 33.9 Å². The third-order valence-corrected chi connectivity index (χ3v) is 7.48. The minimum absolute atomic E-state index is 0.0588. The van der Waals surface area contributed by atoms with Crippen molar-refractivity contribution in [2.45, 2.75) is 32.2 Å². The first-order valence-electron chi connectivity index (χ1n) is 10.2. The number of rotatable bonds is 2. The number of nitrogens with two attached hydrogens (primary N) is 1. The van der Waals surface area contributed by atoms with Gasteiger partial charge in [0.1, 0.15) is 5.82 Å². The van der Waals surface area contributed by atoms with Gasteiger partial charge in [-0.05, 0) is 49.3 Å². The van der Waals surface area contributed by atoms with E-state index >= 15 is 0 Å². The van der Waals surface area contributed by atoms with Crippen LogP contribution in [0, 0.1) is 12.3 Å². The molecule has 3 heterocycles. The van der Waals surface area contributed by atoms with Gasteiger partial charge >= 0.3 is 0 Å². The highest BCUT2D eigenvalue weighted by molar-refractivity contribution is 6.43. The molecule has 0 amide bonds. The summed E-state index contributed by atoms with van der Waals surface area (Å²) in [5.74, 6) is 0.895. The molecular weight excluding hydrogens is 417 g/mol. The number of piperidine rings is 1. The maximum atomic E-state index is 6.67. The summed E-state index contributed by atoms with van der Waals surface area (Å²) in [5, 5.41) is 1.02. The van der Waals surface area contributed by atoms with Crippen LogP contribution in [0.1, 0.15) is 35.8 Å². The molecule has 5 nitrogen and oxygen atoms in total. The molecule has 0 bridgehead atoms. The molecule has 1 aliphatic carbocycles. The summed E-state index contributed by atoms with van der Waals surface area (Å²) in [5.41, 5.74) is 11.6. The Morgan fingerprint density at radius 2 is 1.90 bits per heavy atom. The molecule has 154 valence electrons. The molecule has 1 aromatic carbocycles. The number of hydrogen-bond donors (Lipinski definition) is 1. The Morgan fingerprint density at radius 1 is 1.10 bits per heavy atom. The fraction of sp³-hybridized carbons (Fsp3) is 0.348. The molecule has 1 atom stereocenters. The van der Waals surface area contributed by atoms with Crippen LogP contribution < -0.4 is 10.6 Å². The van der Waals surface area contributed by atoms with Gasteiger partial charge in [0.05, 0.1) is 27.6 Å². The number of benzene rings is 1. The zero-order chi connectivity index (χ0) is 20.9. The molecular formula is C23H23Cl2N5. The van der Waals surface area contributed by atoms with Crippen LogP contribution >= 0.6 is 23.2 Å². The van der Waals surface area contributed by atoms with E-state index in [1.165, 1.54) is 5.56 Å². The Bertz CT molecular complexity index is 1110. The van der Waals surface area contributed by atoms with Gasteiger partial charge in [-0.25, -0.2) is 4.98 Å². The normalized spacial score (nSPS) is 19.9. The summed E-state index contributed by atoms with van der Waals surface area (Å²) in [6.07, 6.45) is 6.71. The second-order valence-corrected chi connectivity index (χ2v) is 9.09. The quantitative estimate of drug-likeness (QED) is 0.608. The van der Waals surface area contributed by atoms with E-state index in [-0.39, 0.29) is 11.5 Å². The van der Waals surface area contributed by atoms with Crippen molar-refractivity contribution in [1.82, 2.24) is 15.0 Å². The van der Waals surface area contributed by atoms with Crippen LogP contribution in [0.5, 0.6) is 0 Å².